The van der Waals surface area contributed by atoms with Crippen LogP contribution in [0.3, 0.4) is 0 Å². The third-order valence-electron chi connectivity index (χ3n) is 2.66. The minimum absolute atomic E-state index is 0. The van der Waals surface area contributed by atoms with Crippen molar-refractivity contribution in [2.45, 2.75) is 26.7 Å². The summed E-state index contributed by atoms with van der Waals surface area (Å²) in [5, 5.41) is 0. The van der Waals surface area contributed by atoms with Gasteiger partial charge in [0.05, 0.1) is 0 Å². The Kier molecular flexibility index (Phi) is 2.94. The van der Waals surface area contributed by atoms with Crippen molar-refractivity contribution in [2.75, 3.05) is 0 Å². The van der Waals surface area contributed by atoms with Crippen LogP contribution in [0.4, 0.5) is 0 Å². The first-order valence-corrected chi connectivity index (χ1v) is 3.16. The van der Waals surface area contributed by atoms with E-state index in [-0.39, 0.29) is 38.1 Å². The summed E-state index contributed by atoms with van der Waals surface area (Å²) in [6.07, 6.45) is 2.49. The Bertz CT molecular complexity index is 89.1. The molecule has 0 unspecified atom stereocenters. The molecule has 0 saturated heterocycles. The summed E-state index contributed by atoms with van der Waals surface area (Å²) in [4.78, 5) is 0. The quantitative estimate of drug-likeness (QED) is 0.525. The van der Waals surface area contributed by atoms with Gasteiger partial charge in [0.2, 0.25) is 0 Å². The molecule has 0 heterocycles. The minimum atomic E-state index is 0. The smallest absolute Gasteiger partial charge is 0 e. The van der Waals surface area contributed by atoms with Gasteiger partial charge in [-0.3, -0.25) is 5.41 Å². The van der Waals surface area contributed by atoms with Crippen molar-refractivity contribution in [1.82, 2.24) is 0 Å². The molecule has 1 rings (SSSR count). The van der Waals surface area contributed by atoms with Crippen LogP contribution in [0.1, 0.15) is 26.7 Å². The Morgan fingerprint density at radius 3 is 1.44 bits per heavy atom. The van der Waals surface area contributed by atoms with Crippen molar-refractivity contribution in [3.63, 3.8) is 0 Å². The molecule has 0 aliphatic heterocycles. The maximum absolute atomic E-state index is 4.02. The number of hydrogen-bond donors (Lipinski definition) is 0. The van der Waals surface area contributed by atoms with E-state index in [1.54, 1.807) is 0 Å². The zero-order chi connectivity index (χ0) is 6.41. The van der Waals surface area contributed by atoms with Gasteiger partial charge in [-0.1, -0.05) is 25.7 Å². The average molecular weight is 199 g/mol. The predicted molar refractivity (Wildman–Crippen MR) is 36.2 cm³/mol. The summed E-state index contributed by atoms with van der Waals surface area (Å²) in [6, 6.07) is 0. The van der Waals surface area contributed by atoms with Gasteiger partial charge in [0.1, 0.15) is 0 Å². The molecular weight excluding hydrogens is 185 g/mol. The summed E-state index contributed by atoms with van der Waals surface area (Å²) in [7, 11) is 0. The predicted octanol–water partition coefficient (Wildman–Crippen LogP) is 2.46. The molecule has 0 aromatic carbocycles. The summed E-state index contributed by atoms with van der Waals surface area (Å²) >= 11 is 0. The molecule has 0 bridgehead atoms. The zero-order valence-corrected chi connectivity index (χ0v) is 9.24. The fraction of sp³-hybridized carbons (Fsp3) is 0.750. The summed E-state index contributed by atoms with van der Waals surface area (Å²) < 4.78 is 0. The monoisotopic (exact) mass is 199 g/mol. The second-order valence-electron chi connectivity index (χ2n) is 3.66. The van der Waals surface area contributed by atoms with E-state index in [9.17, 15) is 0 Å². The molecule has 1 radical (unpaired) electrons. The molecule has 0 spiro atoms. The molecule has 1 fully saturated rings. The molecule has 1 heteroatoms. The second kappa shape index (κ2) is 2.62. The number of rotatable bonds is 0. The second-order valence-corrected chi connectivity index (χ2v) is 3.66. The molecule has 0 aromatic rings. The van der Waals surface area contributed by atoms with Gasteiger partial charge in [0.15, 0.2) is 0 Å². The van der Waals surface area contributed by atoms with Crippen LogP contribution < -0.4 is 0 Å². The zero-order valence-electron chi connectivity index (χ0n) is 6.41. The molecule has 1 aliphatic rings. The molecule has 51 valence electrons. The van der Waals surface area contributed by atoms with E-state index in [1.165, 1.54) is 12.8 Å². The van der Waals surface area contributed by atoms with Gasteiger partial charge in [-0.05, 0) is 0 Å². The van der Waals surface area contributed by atoms with E-state index in [0.29, 0.717) is 5.41 Å². The normalized spacial score (nSPS) is 28.0. The molecule has 9 heavy (non-hydrogen) atoms. The van der Waals surface area contributed by atoms with Crippen LogP contribution in [0.2, 0.25) is 0 Å². The maximum Gasteiger partial charge on any atom is 0 e. The molecule has 0 aromatic heterocycles. The van der Waals surface area contributed by atoms with Crippen LogP contribution in [0, 0.1) is 24.7 Å². The molecule has 0 atom stereocenters. The van der Waals surface area contributed by atoms with Crippen molar-refractivity contribution in [3.05, 3.63) is 13.8 Å². The van der Waals surface area contributed by atoms with Gasteiger partial charge in [0.25, 0.3) is 0 Å². The van der Waals surface area contributed by atoms with Crippen molar-refractivity contribution in [2.24, 2.45) is 10.8 Å². The first-order chi connectivity index (χ1) is 3.46. The van der Waals surface area contributed by atoms with E-state index in [0.717, 1.165) is 0 Å². The Balaban J connectivity index is 0.000000640. The van der Waals surface area contributed by atoms with E-state index < -0.39 is 0 Å². The summed E-state index contributed by atoms with van der Waals surface area (Å²) in [5.41, 5.74) is 0.514. The fourth-order valence-electron chi connectivity index (χ4n) is 0.979. The van der Waals surface area contributed by atoms with E-state index in [2.05, 4.69) is 27.7 Å². The standard InChI is InChI=1S/C8H14.Y/c1-7(2)5-6-8(7,3)4;/h1-2,5-6H2,3-4H3;/q-2;. The largest absolute Gasteiger partial charge is 0.366 e. The molecule has 0 amide bonds. The van der Waals surface area contributed by atoms with Gasteiger partial charge in [0, 0.05) is 32.7 Å². The van der Waals surface area contributed by atoms with Crippen LogP contribution in [0.25, 0.3) is 0 Å². The molecule has 0 N–H and O–H groups in total. The van der Waals surface area contributed by atoms with Gasteiger partial charge >= 0.3 is 0 Å². The van der Waals surface area contributed by atoms with E-state index in [4.69, 9.17) is 0 Å². The Morgan fingerprint density at radius 1 is 1.11 bits per heavy atom. The van der Waals surface area contributed by atoms with Crippen LogP contribution in [-0.4, -0.2) is 0 Å². The summed E-state index contributed by atoms with van der Waals surface area (Å²) in [5.74, 6) is 0. The minimum Gasteiger partial charge on any atom is -0.366 e. The topological polar surface area (TPSA) is 0 Å². The van der Waals surface area contributed by atoms with Crippen molar-refractivity contribution in [3.8, 4) is 0 Å². The van der Waals surface area contributed by atoms with Crippen molar-refractivity contribution >= 4 is 0 Å². The average Bonchev–Trinajstić information content (AvgIpc) is 1.64. The van der Waals surface area contributed by atoms with Crippen LogP contribution in [0.5, 0.6) is 0 Å². The van der Waals surface area contributed by atoms with E-state index in [1.807, 2.05) is 0 Å². The molecule has 1 saturated carbocycles. The van der Waals surface area contributed by atoms with E-state index >= 15 is 0 Å². The summed E-state index contributed by atoms with van der Waals surface area (Å²) in [6.45, 7) is 12.5. The number of hydrogen-bond acceptors (Lipinski definition) is 0. The maximum atomic E-state index is 4.02. The van der Waals surface area contributed by atoms with Gasteiger partial charge in [-0.2, -0.15) is 0 Å². The van der Waals surface area contributed by atoms with Gasteiger partial charge < -0.3 is 13.8 Å². The molecule has 1 aliphatic carbocycles. The third kappa shape index (κ3) is 1.57. The van der Waals surface area contributed by atoms with Crippen LogP contribution in [-0.2, 0) is 32.7 Å². The van der Waals surface area contributed by atoms with Gasteiger partial charge in [-0.25, -0.2) is 0 Å². The van der Waals surface area contributed by atoms with Crippen LogP contribution in [0.15, 0.2) is 0 Å². The third-order valence-corrected chi connectivity index (χ3v) is 2.66. The SMILES string of the molecule is [CH2-]C1([CH2-])CCC1(C)C.[Y]. The molecule has 0 nitrogen and oxygen atoms in total. The Hall–Kier alpha value is 1.10. The Morgan fingerprint density at radius 2 is 1.44 bits per heavy atom. The van der Waals surface area contributed by atoms with Crippen molar-refractivity contribution < 1.29 is 32.7 Å². The van der Waals surface area contributed by atoms with Gasteiger partial charge in [-0.15, -0.1) is 6.42 Å². The Labute approximate surface area is 83.7 Å². The fourth-order valence-corrected chi connectivity index (χ4v) is 0.979. The first kappa shape index (κ1) is 10.1. The van der Waals surface area contributed by atoms with Crippen LogP contribution >= 0.6 is 0 Å². The molecular formula is C8H14Y-2. The van der Waals surface area contributed by atoms with Crippen molar-refractivity contribution in [1.29, 1.82) is 0 Å². The first-order valence-electron chi connectivity index (χ1n) is 3.16.